The Morgan fingerprint density at radius 3 is 2.48 bits per heavy atom. The summed E-state index contributed by atoms with van der Waals surface area (Å²) >= 11 is 0. The van der Waals surface area contributed by atoms with Crippen molar-refractivity contribution in [3.63, 3.8) is 0 Å². The number of hydrogen-bond donors (Lipinski definition) is 0. The molecule has 0 N–H and O–H groups in total. The summed E-state index contributed by atoms with van der Waals surface area (Å²) in [6, 6.07) is 3.07. The smallest absolute Gasteiger partial charge is 0.200 e. The summed E-state index contributed by atoms with van der Waals surface area (Å²) in [7, 11) is 0. The molecule has 29 heavy (non-hydrogen) atoms. The molecule has 2 fully saturated rings. The van der Waals surface area contributed by atoms with Crippen molar-refractivity contribution >= 4 is 0 Å². The number of rotatable bonds is 9. The van der Waals surface area contributed by atoms with Gasteiger partial charge in [-0.3, -0.25) is 0 Å². The maximum Gasteiger partial charge on any atom is 0.200 e. The molecule has 3 rings (SSSR count). The first-order valence-electron chi connectivity index (χ1n) is 11.1. The van der Waals surface area contributed by atoms with E-state index in [-0.39, 0.29) is 30.1 Å². The Kier molecular flexibility index (Phi) is 8.49. The van der Waals surface area contributed by atoms with Crippen molar-refractivity contribution in [2.24, 2.45) is 11.8 Å². The van der Waals surface area contributed by atoms with E-state index in [1.807, 2.05) is 13.0 Å². The Morgan fingerprint density at radius 2 is 1.83 bits per heavy atom. The van der Waals surface area contributed by atoms with Crippen LogP contribution in [0, 0.1) is 23.5 Å². The summed E-state index contributed by atoms with van der Waals surface area (Å²) in [6.45, 7) is 7.15. The fourth-order valence-electron chi connectivity index (χ4n) is 4.41. The SMILES string of the molecule is C=CC1CCC(C2CCC(OCc3ccc(OCCCC)c(F)c3F)CC2)CO1. The molecule has 162 valence electrons. The van der Waals surface area contributed by atoms with E-state index in [1.54, 1.807) is 6.07 Å². The average molecular weight is 409 g/mol. The maximum atomic E-state index is 14.3. The van der Waals surface area contributed by atoms with Crippen LogP contribution in [0.15, 0.2) is 24.8 Å². The van der Waals surface area contributed by atoms with Crippen LogP contribution < -0.4 is 4.74 Å². The molecule has 1 saturated heterocycles. The van der Waals surface area contributed by atoms with Gasteiger partial charge < -0.3 is 14.2 Å². The topological polar surface area (TPSA) is 27.7 Å². The highest BCUT2D eigenvalue weighted by Crippen LogP contribution is 2.37. The van der Waals surface area contributed by atoms with Crippen LogP contribution in [0.4, 0.5) is 8.78 Å². The summed E-state index contributed by atoms with van der Waals surface area (Å²) < 4.78 is 45.6. The monoisotopic (exact) mass is 408 g/mol. The average Bonchev–Trinajstić information content (AvgIpc) is 2.77. The highest BCUT2D eigenvalue weighted by molar-refractivity contribution is 5.30. The second-order valence-electron chi connectivity index (χ2n) is 8.35. The second-order valence-corrected chi connectivity index (χ2v) is 8.35. The first-order chi connectivity index (χ1) is 14.1. The lowest BCUT2D eigenvalue weighted by Gasteiger charge is -2.37. The van der Waals surface area contributed by atoms with Gasteiger partial charge in [0, 0.05) is 5.56 Å². The molecule has 1 aromatic rings. The van der Waals surface area contributed by atoms with Gasteiger partial charge in [-0.15, -0.1) is 6.58 Å². The Labute approximate surface area is 173 Å². The zero-order valence-electron chi connectivity index (χ0n) is 17.5. The van der Waals surface area contributed by atoms with Gasteiger partial charge in [-0.1, -0.05) is 19.4 Å². The Balaban J connectivity index is 1.43. The van der Waals surface area contributed by atoms with Crippen molar-refractivity contribution < 1.29 is 23.0 Å². The highest BCUT2D eigenvalue weighted by atomic mass is 19.2. The predicted molar refractivity (Wildman–Crippen MR) is 110 cm³/mol. The first-order valence-corrected chi connectivity index (χ1v) is 11.1. The number of benzene rings is 1. The molecule has 3 nitrogen and oxygen atoms in total. The molecule has 5 heteroatoms. The molecule has 0 bridgehead atoms. The minimum Gasteiger partial charge on any atom is -0.490 e. The van der Waals surface area contributed by atoms with E-state index in [4.69, 9.17) is 14.2 Å². The van der Waals surface area contributed by atoms with Crippen molar-refractivity contribution in [3.05, 3.63) is 42.0 Å². The Hall–Kier alpha value is -1.46. The minimum absolute atomic E-state index is 0.0198. The third kappa shape index (κ3) is 6.02. The van der Waals surface area contributed by atoms with Gasteiger partial charge in [0.2, 0.25) is 5.82 Å². The van der Waals surface area contributed by atoms with Crippen molar-refractivity contribution in [3.8, 4) is 5.75 Å². The van der Waals surface area contributed by atoms with Gasteiger partial charge in [0.25, 0.3) is 0 Å². The van der Waals surface area contributed by atoms with Crippen LogP contribution in [0.25, 0.3) is 0 Å². The summed E-state index contributed by atoms with van der Waals surface area (Å²) in [4.78, 5) is 0. The molecule has 2 aliphatic rings. The molecule has 2 atom stereocenters. The molecule has 1 saturated carbocycles. The van der Waals surface area contributed by atoms with Gasteiger partial charge in [-0.05, 0) is 68.9 Å². The fraction of sp³-hybridized carbons (Fsp3) is 0.667. The largest absolute Gasteiger partial charge is 0.490 e. The van der Waals surface area contributed by atoms with E-state index in [2.05, 4.69) is 6.58 Å². The van der Waals surface area contributed by atoms with E-state index in [1.165, 1.54) is 12.5 Å². The molecule has 1 aliphatic carbocycles. The molecule has 0 radical (unpaired) electrons. The number of ether oxygens (including phenoxy) is 3. The van der Waals surface area contributed by atoms with Crippen molar-refractivity contribution in [1.82, 2.24) is 0 Å². The molecular weight excluding hydrogens is 374 g/mol. The number of unbranched alkanes of at least 4 members (excludes halogenated alkanes) is 1. The van der Waals surface area contributed by atoms with Crippen LogP contribution in [0.5, 0.6) is 5.75 Å². The van der Waals surface area contributed by atoms with E-state index in [0.717, 1.165) is 51.6 Å². The molecule has 1 aromatic carbocycles. The van der Waals surface area contributed by atoms with E-state index >= 15 is 0 Å². The Bertz CT molecular complexity index is 648. The van der Waals surface area contributed by atoms with Crippen LogP contribution in [-0.4, -0.2) is 25.4 Å². The van der Waals surface area contributed by atoms with Crippen LogP contribution in [-0.2, 0) is 16.1 Å². The van der Waals surface area contributed by atoms with Crippen LogP contribution in [0.2, 0.25) is 0 Å². The van der Waals surface area contributed by atoms with Crippen molar-refractivity contribution in [2.75, 3.05) is 13.2 Å². The number of halogens is 2. The molecular formula is C24H34F2O3. The van der Waals surface area contributed by atoms with E-state index in [9.17, 15) is 8.78 Å². The molecule has 1 heterocycles. The number of hydrogen-bond acceptors (Lipinski definition) is 3. The lowest BCUT2D eigenvalue weighted by atomic mass is 9.76. The summed E-state index contributed by atoms with van der Waals surface area (Å²) in [5.74, 6) is -0.494. The first kappa shape index (κ1) is 22.2. The zero-order valence-corrected chi connectivity index (χ0v) is 17.5. The molecule has 0 amide bonds. The van der Waals surface area contributed by atoms with Crippen LogP contribution >= 0.6 is 0 Å². The summed E-state index contributed by atoms with van der Waals surface area (Å²) in [5, 5.41) is 0. The summed E-state index contributed by atoms with van der Waals surface area (Å²) in [6.07, 6.45) is 10.4. The summed E-state index contributed by atoms with van der Waals surface area (Å²) in [5.41, 5.74) is 0.253. The van der Waals surface area contributed by atoms with Gasteiger partial charge in [-0.2, -0.15) is 4.39 Å². The highest BCUT2D eigenvalue weighted by Gasteiger charge is 2.31. The third-order valence-electron chi connectivity index (χ3n) is 6.35. The van der Waals surface area contributed by atoms with E-state index < -0.39 is 11.6 Å². The zero-order chi connectivity index (χ0) is 20.6. The van der Waals surface area contributed by atoms with Crippen LogP contribution in [0.1, 0.15) is 63.9 Å². The standard InChI is InChI=1S/C24H34F2O3/c1-3-5-14-27-22-13-9-19(23(25)24(22)26)16-29-21-11-6-17(7-12-21)18-8-10-20(4-2)28-15-18/h4,9,13,17-18,20-21H,2-3,5-8,10-12,14-16H2,1H3. The van der Waals surface area contributed by atoms with Crippen molar-refractivity contribution in [2.45, 2.75) is 77.1 Å². The molecule has 1 aliphatic heterocycles. The fourth-order valence-corrected chi connectivity index (χ4v) is 4.41. The van der Waals surface area contributed by atoms with E-state index in [0.29, 0.717) is 18.4 Å². The van der Waals surface area contributed by atoms with Gasteiger partial charge in [0.1, 0.15) is 0 Å². The normalized spacial score (nSPS) is 27.6. The molecule has 0 aromatic heterocycles. The maximum absolute atomic E-state index is 14.3. The van der Waals surface area contributed by atoms with Crippen molar-refractivity contribution in [1.29, 1.82) is 0 Å². The van der Waals surface area contributed by atoms with Crippen LogP contribution in [0.3, 0.4) is 0 Å². The minimum atomic E-state index is -0.916. The van der Waals surface area contributed by atoms with Gasteiger partial charge in [0.15, 0.2) is 11.6 Å². The third-order valence-corrected chi connectivity index (χ3v) is 6.35. The molecule has 0 spiro atoms. The Morgan fingerprint density at radius 1 is 1.07 bits per heavy atom. The molecule has 2 unspecified atom stereocenters. The lowest BCUT2D eigenvalue weighted by molar-refractivity contribution is -0.0370. The van der Waals surface area contributed by atoms with Gasteiger partial charge >= 0.3 is 0 Å². The van der Waals surface area contributed by atoms with Gasteiger partial charge in [0.05, 0.1) is 32.0 Å². The second kappa shape index (κ2) is 11.1. The quantitative estimate of drug-likeness (QED) is 0.360. The van der Waals surface area contributed by atoms with Gasteiger partial charge in [-0.25, -0.2) is 4.39 Å². The predicted octanol–water partition coefficient (Wildman–Crippen LogP) is 6.20. The lowest BCUT2D eigenvalue weighted by Crippen LogP contribution is -2.33.